The van der Waals surface area contributed by atoms with Crippen molar-refractivity contribution in [1.82, 2.24) is 15.1 Å². The summed E-state index contributed by atoms with van der Waals surface area (Å²) in [5.41, 5.74) is 1.90. The molecule has 9 nitrogen and oxygen atoms in total. The normalized spacial score (nSPS) is 26.2. The van der Waals surface area contributed by atoms with Crippen molar-refractivity contribution in [3.05, 3.63) is 59.9 Å². The van der Waals surface area contributed by atoms with Gasteiger partial charge in [0.05, 0.1) is 25.2 Å². The van der Waals surface area contributed by atoms with Gasteiger partial charge < -0.3 is 29.5 Å². The summed E-state index contributed by atoms with van der Waals surface area (Å²) in [4.78, 5) is 20.3. The van der Waals surface area contributed by atoms with Crippen molar-refractivity contribution in [2.24, 2.45) is 17.8 Å². The number of halogens is 1. The molecule has 5 fully saturated rings. The molecule has 1 N–H and O–H groups in total. The van der Waals surface area contributed by atoms with Gasteiger partial charge in [-0.15, -0.1) is 0 Å². The number of ether oxygens (including phenoxy) is 2. The number of alkyl carbamates (subject to hydrolysis) is 1. The van der Waals surface area contributed by atoms with Crippen LogP contribution in [0, 0.1) is 23.6 Å². The van der Waals surface area contributed by atoms with E-state index in [-0.39, 0.29) is 42.5 Å². The summed E-state index contributed by atoms with van der Waals surface area (Å²) in [5, 5.41) is 2.76. The van der Waals surface area contributed by atoms with Crippen molar-refractivity contribution in [2.45, 2.75) is 60.1 Å². The molecule has 5 aliphatic rings. The Morgan fingerprint density at radius 3 is 2.34 bits per heavy atom. The Morgan fingerprint density at radius 1 is 0.979 bits per heavy atom. The number of benzene rings is 2. The molecule has 0 bridgehead atoms. The highest BCUT2D eigenvalue weighted by Gasteiger charge is 2.53. The highest BCUT2D eigenvalue weighted by atomic mass is 32.2. The molecule has 4 aliphatic heterocycles. The van der Waals surface area contributed by atoms with Crippen LogP contribution in [0.1, 0.15) is 44.1 Å². The van der Waals surface area contributed by atoms with Crippen molar-refractivity contribution in [3.63, 3.8) is 0 Å². The molecule has 11 heteroatoms. The number of sulfone groups is 1. The Kier molecular flexibility index (Phi) is 9.52. The minimum Gasteiger partial charge on any atom is -0.453 e. The number of carbonyl (C=O) groups excluding carboxylic acids is 1. The quantitative estimate of drug-likeness (QED) is 0.379. The zero-order valence-corrected chi connectivity index (χ0v) is 28.3. The van der Waals surface area contributed by atoms with Gasteiger partial charge in [-0.2, -0.15) is 0 Å². The number of methoxy groups -OCH3 is 1. The number of hydrogen-bond acceptors (Lipinski definition) is 8. The number of hydrogen-bond donors (Lipinski definition) is 1. The fraction of sp³-hybridized carbons (Fsp3) is 0.639. The predicted molar refractivity (Wildman–Crippen MR) is 179 cm³/mol. The second-order valence-electron chi connectivity index (χ2n) is 14.5. The topological polar surface area (TPSA) is 91.4 Å². The Labute approximate surface area is 278 Å². The lowest BCUT2D eigenvalue weighted by Crippen LogP contribution is -2.60. The van der Waals surface area contributed by atoms with Crippen molar-refractivity contribution < 1.29 is 27.1 Å². The minimum atomic E-state index is -3.31. The molecule has 1 saturated carbocycles. The molecule has 0 unspecified atom stereocenters. The van der Waals surface area contributed by atoms with Crippen molar-refractivity contribution in [1.29, 1.82) is 0 Å². The molecular weight excluding hydrogens is 619 g/mol. The summed E-state index contributed by atoms with van der Waals surface area (Å²) >= 11 is 0. The third-order valence-corrected chi connectivity index (χ3v) is 13.9. The summed E-state index contributed by atoms with van der Waals surface area (Å²) in [6.45, 7) is 8.62. The molecule has 4 heterocycles. The van der Waals surface area contributed by atoms with Crippen LogP contribution in [0.25, 0.3) is 0 Å². The molecule has 0 spiro atoms. The van der Waals surface area contributed by atoms with E-state index in [1.165, 1.54) is 13.5 Å². The maximum absolute atomic E-state index is 14.9. The maximum Gasteiger partial charge on any atom is 0.407 e. The van der Waals surface area contributed by atoms with Crippen LogP contribution in [-0.2, 0) is 24.7 Å². The summed E-state index contributed by atoms with van der Waals surface area (Å²) < 4.78 is 50.5. The van der Waals surface area contributed by atoms with Crippen molar-refractivity contribution in [3.8, 4) is 0 Å². The van der Waals surface area contributed by atoms with Crippen molar-refractivity contribution >= 4 is 21.6 Å². The first-order valence-electron chi connectivity index (χ1n) is 17.5. The van der Waals surface area contributed by atoms with Crippen LogP contribution < -0.4 is 10.2 Å². The van der Waals surface area contributed by atoms with Crippen molar-refractivity contribution in [2.75, 3.05) is 77.6 Å². The van der Waals surface area contributed by atoms with Crippen LogP contribution in [0.15, 0.2) is 53.4 Å². The molecule has 1 amide bonds. The smallest absolute Gasteiger partial charge is 0.407 e. The molecular formula is C36H49FN4O5S. The van der Waals surface area contributed by atoms with E-state index < -0.39 is 15.1 Å². The largest absolute Gasteiger partial charge is 0.453 e. The van der Waals surface area contributed by atoms with E-state index in [1.54, 1.807) is 24.3 Å². The third kappa shape index (κ3) is 6.53. The van der Waals surface area contributed by atoms with E-state index in [0.717, 1.165) is 95.7 Å². The fourth-order valence-electron chi connectivity index (χ4n) is 9.06. The average Bonchev–Trinajstić information content (AvgIpc) is 3.46. The lowest BCUT2D eigenvalue weighted by atomic mass is 9.57. The summed E-state index contributed by atoms with van der Waals surface area (Å²) in [6.07, 6.45) is 5.88. The zero-order valence-electron chi connectivity index (χ0n) is 27.5. The Morgan fingerprint density at radius 2 is 1.72 bits per heavy atom. The van der Waals surface area contributed by atoms with Crippen LogP contribution >= 0.6 is 0 Å². The van der Waals surface area contributed by atoms with Crippen LogP contribution in [0.2, 0.25) is 0 Å². The molecule has 0 aromatic heterocycles. The van der Waals surface area contributed by atoms with Crippen LogP contribution in [0.3, 0.4) is 0 Å². The van der Waals surface area contributed by atoms with E-state index >= 15 is 0 Å². The lowest BCUT2D eigenvalue weighted by Gasteiger charge is -2.54. The average molecular weight is 669 g/mol. The van der Waals surface area contributed by atoms with Crippen LogP contribution in [-0.4, -0.2) is 108 Å². The SMILES string of the molecule is COC(=O)N[C@H]1CCC[C@@H]1[C@](CN1CCC1)(c1cccc(F)c1)C1CCN(CC2CN(c3ccc(S(=O)(=O)C4COC4)cc3)C2)CC1. The number of likely N-dealkylation sites (tertiary alicyclic amines) is 2. The van der Waals surface area contributed by atoms with Crippen LogP contribution in [0.4, 0.5) is 14.9 Å². The number of carbonyl (C=O) groups is 1. The number of anilines is 1. The second-order valence-corrected chi connectivity index (χ2v) is 16.7. The summed E-state index contributed by atoms with van der Waals surface area (Å²) in [6, 6.07) is 14.7. The molecule has 0 radical (unpaired) electrons. The first-order valence-corrected chi connectivity index (χ1v) is 19.0. The standard InChI is InChI=1S/C36H49FN4O5S/c1-45-35(42)38-34-8-3-7-33(34)36(25-40-15-4-16-40,28-5-2-6-29(37)19-28)27-13-17-39(18-14-27)20-26-21-41(22-26)30-9-11-31(12-10-30)47(43,44)32-23-46-24-32/h2,5-6,9-12,19,26-27,32-34H,3-4,7-8,13-18,20-25H2,1H3,(H,38,42)/t33-,34-,36-/m0/s1. The van der Waals surface area contributed by atoms with Gasteiger partial charge in [0.1, 0.15) is 11.1 Å². The van der Waals surface area contributed by atoms with Gasteiger partial charge in [-0.1, -0.05) is 18.6 Å². The molecule has 256 valence electrons. The Hall–Kier alpha value is -2.73. The Bertz CT molecular complexity index is 1500. The van der Waals surface area contributed by atoms with Gasteiger partial charge in [-0.25, -0.2) is 17.6 Å². The monoisotopic (exact) mass is 668 g/mol. The number of nitrogens with zero attached hydrogens (tertiary/aromatic N) is 3. The van der Waals surface area contributed by atoms with Crippen LogP contribution in [0.5, 0.6) is 0 Å². The highest BCUT2D eigenvalue weighted by Crippen LogP contribution is 2.51. The molecule has 1 aliphatic carbocycles. The van der Waals surface area contributed by atoms with Gasteiger partial charge in [-0.3, -0.25) is 0 Å². The molecule has 3 atom stereocenters. The van der Waals surface area contributed by atoms with E-state index in [0.29, 0.717) is 16.7 Å². The summed E-state index contributed by atoms with van der Waals surface area (Å²) in [7, 11) is -1.89. The van der Waals surface area contributed by atoms with Gasteiger partial charge in [0.15, 0.2) is 9.84 Å². The van der Waals surface area contributed by atoms with E-state index in [4.69, 9.17) is 9.47 Å². The fourth-order valence-corrected chi connectivity index (χ4v) is 10.5. The number of rotatable bonds is 11. The van der Waals surface area contributed by atoms with Gasteiger partial charge in [-0.05, 0) is 112 Å². The van der Waals surface area contributed by atoms with E-state index in [2.05, 4.69) is 26.1 Å². The third-order valence-electron chi connectivity index (χ3n) is 11.8. The lowest BCUT2D eigenvalue weighted by molar-refractivity contribution is 0.0223. The van der Waals surface area contributed by atoms with E-state index in [1.807, 2.05) is 18.2 Å². The molecule has 2 aromatic rings. The maximum atomic E-state index is 14.9. The van der Waals surface area contributed by atoms with Gasteiger partial charge in [0.2, 0.25) is 0 Å². The van der Waals surface area contributed by atoms with Gasteiger partial charge in [0.25, 0.3) is 0 Å². The summed E-state index contributed by atoms with van der Waals surface area (Å²) in [5.74, 6) is 0.969. The van der Waals surface area contributed by atoms with Gasteiger partial charge in [0, 0.05) is 49.2 Å². The highest BCUT2D eigenvalue weighted by molar-refractivity contribution is 7.92. The first-order chi connectivity index (χ1) is 22.8. The van der Waals surface area contributed by atoms with Gasteiger partial charge >= 0.3 is 6.09 Å². The molecule has 47 heavy (non-hydrogen) atoms. The first kappa shape index (κ1) is 32.8. The molecule has 4 saturated heterocycles. The number of nitrogens with one attached hydrogen (secondary N) is 1. The predicted octanol–water partition coefficient (Wildman–Crippen LogP) is 4.31. The molecule has 7 rings (SSSR count). The molecule has 2 aromatic carbocycles. The minimum absolute atomic E-state index is 0.00683. The zero-order chi connectivity index (χ0) is 32.6. The Balaban J connectivity index is 1.02. The number of amides is 1. The number of piperidine rings is 1. The van der Waals surface area contributed by atoms with E-state index in [9.17, 15) is 17.6 Å². The second kappa shape index (κ2) is 13.6.